The number of carbonyl (C=O) groups excluding carboxylic acids is 1. The molecule has 0 bridgehead atoms. The number of nitrogens with two attached hydrogens (primary N) is 1. The van der Waals surface area contributed by atoms with Crippen molar-refractivity contribution in [2.45, 2.75) is 6.42 Å². The van der Waals surface area contributed by atoms with Crippen molar-refractivity contribution in [1.82, 2.24) is 10.2 Å². The van der Waals surface area contributed by atoms with E-state index < -0.39 is 10.0 Å². The summed E-state index contributed by atoms with van der Waals surface area (Å²) in [5, 5.41) is 2.88. The van der Waals surface area contributed by atoms with E-state index in [1.807, 2.05) is 19.2 Å². The van der Waals surface area contributed by atoms with Crippen LogP contribution in [0.15, 0.2) is 42.5 Å². The van der Waals surface area contributed by atoms with Crippen LogP contribution in [0.4, 0.5) is 11.4 Å². The third-order valence-electron chi connectivity index (χ3n) is 4.29. The third kappa shape index (κ3) is 7.63. The van der Waals surface area contributed by atoms with Crippen molar-refractivity contribution >= 4 is 27.3 Å². The highest BCUT2D eigenvalue weighted by molar-refractivity contribution is 7.92. The van der Waals surface area contributed by atoms with E-state index in [1.54, 1.807) is 30.3 Å². The van der Waals surface area contributed by atoms with Crippen molar-refractivity contribution in [1.29, 1.82) is 0 Å². The van der Waals surface area contributed by atoms with Gasteiger partial charge in [0.25, 0.3) is 5.91 Å². The van der Waals surface area contributed by atoms with Crippen LogP contribution in [-0.2, 0) is 16.4 Å². The average molecular weight is 421 g/mol. The number of rotatable bonds is 10. The van der Waals surface area contributed by atoms with E-state index in [9.17, 15) is 13.2 Å². The lowest BCUT2D eigenvalue weighted by atomic mass is 10.1. The van der Waals surface area contributed by atoms with Gasteiger partial charge in [-0.3, -0.25) is 9.52 Å². The molecule has 0 fully saturated rings. The molecule has 0 spiro atoms. The summed E-state index contributed by atoms with van der Waals surface area (Å²) in [5.74, 6) is 0.244. The first kappa shape index (κ1) is 22.5. The summed E-state index contributed by atoms with van der Waals surface area (Å²) in [6, 6.07) is 12.2. The molecule has 0 saturated heterocycles. The summed E-state index contributed by atoms with van der Waals surface area (Å²) in [6.45, 7) is 2.00. The Balaban J connectivity index is 1.76. The van der Waals surface area contributed by atoms with Gasteiger partial charge in [0.1, 0.15) is 5.75 Å². The molecule has 0 aliphatic rings. The largest absolute Gasteiger partial charge is 0.496 e. The van der Waals surface area contributed by atoms with Crippen LogP contribution in [0, 0.1) is 0 Å². The van der Waals surface area contributed by atoms with Crippen LogP contribution in [0.2, 0.25) is 0 Å². The predicted octanol–water partition coefficient (Wildman–Crippen LogP) is 1.55. The Morgan fingerprint density at radius 1 is 1.14 bits per heavy atom. The Morgan fingerprint density at radius 2 is 1.83 bits per heavy atom. The van der Waals surface area contributed by atoms with Crippen molar-refractivity contribution < 1.29 is 17.9 Å². The molecule has 2 aromatic carbocycles. The van der Waals surface area contributed by atoms with Gasteiger partial charge in [-0.2, -0.15) is 0 Å². The normalized spacial score (nSPS) is 11.3. The molecule has 29 heavy (non-hydrogen) atoms. The lowest BCUT2D eigenvalue weighted by Crippen LogP contribution is -2.34. The van der Waals surface area contributed by atoms with E-state index in [2.05, 4.69) is 14.9 Å². The molecule has 9 heteroatoms. The second-order valence-electron chi connectivity index (χ2n) is 6.84. The summed E-state index contributed by atoms with van der Waals surface area (Å²) in [5.41, 5.74) is 8.35. The molecule has 158 valence electrons. The predicted molar refractivity (Wildman–Crippen MR) is 116 cm³/mol. The van der Waals surface area contributed by atoms with Gasteiger partial charge in [0.15, 0.2) is 0 Å². The number of sulfonamides is 1. The van der Waals surface area contributed by atoms with Crippen LogP contribution >= 0.6 is 0 Å². The number of carbonyl (C=O) groups is 1. The second-order valence-corrected chi connectivity index (χ2v) is 8.59. The molecular weight excluding hydrogens is 392 g/mol. The molecule has 0 unspecified atom stereocenters. The van der Waals surface area contributed by atoms with E-state index in [4.69, 9.17) is 10.5 Å². The number of benzene rings is 2. The first-order valence-corrected chi connectivity index (χ1v) is 11.0. The minimum atomic E-state index is -3.27. The van der Waals surface area contributed by atoms with Crippen LogP contribution in [0.3, 0.4) is 0 Å². The monoisotopic (exact) mass is 420 g/mol. The number of nitrogens with zero attached hydrogens (tertiary/aromatic N) is 1. The fourth-order valence-corrected chi connectivity index (χ4v) is 3.30. The van der Waals surface area contributed by atoms with Gasteiger partial charge < -0.3 is 20.7 Å². The minimum absolute atomic E-state index is 0.204. The molecule has 4 N–H and O–H groups in total. The van der Waals surface area contributed by atoms with Crippen molar-refractivity contribution in [3.8, 4) is 5.75 Å². The zero-order chi connectivity index (χ0) is 21.4. The fourth-order valence-electron chi connectivity index (χ4n) is 2.74. The minimum Gasteiger partial charge on any atom is -0.496 e. The van der Waals surface area contributed by atoms with Gasteiger partial charge >= 0.3 is 0 Å². The van der Waals surface area contributed by atoms with E-state index in [0.717, 1.165) is 24.8 Å². The van der Waals surface area contributed by atoms with E-state index in [0.29, 0.717) is 35.8 Å². The summed E-state index contributed by atoms with van der Waals surface area (Å²) in [7, 11) is 0.218. The van der Waals surface area contributed by atoms with Crippen LogP contribution in [-0.4, -0.2) is 59.3 Å². The first-order valence-electron chi connectivity index (χ1n) is 9.15. The summed E-state index contributed by atoms with van der Waals surface area (Å²) < 4.78 is 30.1. The van der Waals surface area contributed by atoms with Crippen molar-refractivity contribution in [2.24, 2.45) is 0 Å². The summed E-state index contributed by atoms with van der Waals surface area (Å²) >= 11 is 0. The quantitative estimate of drug-likeness (QED) is 0.503. The maximum Gasteiger partial charge on any atom is 0.255 e. The third-order valence-corrected chi connectivity index (χ3v) is 4.90. The van der Waals surface area contributed by atoms with E-state index in [1.165, 1.54) is 7.11 Å². The van der Waals surface area contributed by atoms with Gasteiger partial charge in [-0.25, -0.2) is 8.42 Å². The Hall–Kier alpha value is -2.78. The number of nitrogens with one attached hydrogen (secondary N) is 2. The van der Waals surface area contributed by atoms with Crippen LogP contribution in [0.1, 0.15) is 15.9 Å². The standard InChI is InChI=1S/C20H28N4O4S/c1-24(12-10-15-4-7-17(8-5-15)23-29(3,26)27)13-11-22-20(25)18-9-6-16(21)14-19(18)28-2/h4-9,14,23H,10-13,21H2,1-3H3,(H,22,25). The highest BCUT2D eigenvalue weighted by atomic mass is 32.2. The van der Waals surface area contributed by atoms with Gasteiger partial charge in [-0.15, -0.1) is 0 Å². The molecule has 2 aromatic rings. The van der Waals surface area contributed by atoms with Gasteiger partial charge in [-0.1, -0.05) is 12.1 Å². The number of anilines is 2. The SMILES string of the molecule is COc1cc(N)ccc1C(=O)NCCN(C)CCc1ccc(NS(C)(=O)=O)cc1. The van der Waals surface area contributed by atoms with Gasteiger partial charge in [0.05, 0.1) is 18.9 Å². The Labute approximate surface area is 172 Å². The molecule has 0 aliphatic heterocycles. The van der Waals surface area contributed by atoms with Crippen molar-refractivity contribution in [3.63, 3.8) is 0 Å². The molecule has 2 rings (SSSR count). The van der Waals surface area contributed by atoms with Gasteiger partial charge in [0.2, 0.25) is 10.0 Å². The molecule has 0 atom stereocenters. The zero-order valence-electron chi connectivity index (χ0n) is 16.9. The Morgan fingerprint density at radius 3 is 2.45 bits per heavy atom. The number of hydrogen-bond acceptors (Lipinski definition) is 6. The lowest BCUT2D eigenvalue weighted by Gasteiger charge is -2.17. The molecular formula is C20H28N4O4S. The second kappa shape index (κ2) is 10.1. The molecule has 0 saturated carbocycles. The van der Waals surface area contributed by atoms with Gasteiger partial charge in [0, 0.05) is 37.1 Å². The number of amides is 1. The number of hydrogen-bond donors (Lipinski definition) is 3. The van der Waals surface area contributed by atoms with Crippen LogP contribution in [0.25, 0.3) is 0 Å². The number of ether oxygens (including phenoxy) is 1. The molecule has 0 heterocycles. The molecule has 0 radical (unpaired) electrons. The smallest absolute Gasteiger partial charge is 0.255 e. The number of nitrogen functional groups attached to an aromatic ring is 1. The Bertz CT molecular complexity index is 930. The molecule has 0 aliphatic carbocycles. The maximum atomic E-state index is 12.3. The molecule has 1 amide bonds. The highest BCUT2D eigenvalue weighted by Crippen LogP contribution is 2.21. The topological polar surface area (TPSA) is 114 Å². The maximum absolute atomic E-state index is 12.3. The van der Waals surface area contributed by atoms with Crippen molar-refractivity contribution in [3.05, 3.63) is 53.6 Å². The number of methoxy groups -OCH3 is 1. The van der Waals surface area contributed by atoms with Crippen molar-refractivity contribution in [2.75, 3.05) is 50.5 Å². The van der Waals surface area contributed by atoms with Crippen LogP contribution in [0.5, 0.6) is 5.75 Å². The van der Waals surface area contributed by atoms with E-state index >= 15 is 0 Å². The molecule has 0 aromatic heterocycles. The van der Waals surface area contributed by atoms with Gasteiger partial charge in [-0.05, 0) is 43.3 Å². The first-order chi connectivity index (χ1) is 13.7. The average Bonchev–Trinajstić information content (AvgIpc) is 2.66. The molecule has 8 nitrogen and oxygen atoms in total. The highest BCUT2D eigenvalue weighted by Gasteiger charge is 2.12. The van der Waals surface area contributed by atoms with Crippen LogP contribution < -0.4 is 20.5 Å². The Kier molecular flexibility index (Phi) is 7.86. The zero-order valence-corrected chi connectivity index (χ0v) is 17.8. The number of likely N-dealkylation sites (N-methyl/N-ethyl adjacent to an activating group) is 1. The summed E-state index contributed by atoms with van der Waals surface area (Å²) in [4.78, 5) is 14.4. The lowest BCUT2D eigenvalue weighted by molar-refractivity contribution is 0.0947. The van der Waals surface area contributed by atoms with E-state index in [-0.39, 0.29) is 5.91 Å². The summed E-state index contributed by atoms with van der Waals surface area (Å²) in [6.07, 6.45) is 1.94. The fraction of sp³-hybridized carbons (Fsp3) is 0.350.